The highest BCUT2D eigenvalue weighted by Gasteiger charge is 2.09. The summed E-state index contributed by atoms with van der Waals surface area (Å²) in [6.07, 6.45) is 0.218. The molecule has 2 aromatic carbocycles. The second kappa shape index (κ2) is 8.40. The van der Waals surface area contributed by atoms with Gasteiger partial charge in [-0.05, 0) is 30.3 Å². The van der Waals surface area contributed by atoms with Crippen molar-refractivity contribution in [1.29, 1.82) is 0 Å². The molecule has 2 N–H and O–H groups in total. The largest absolute Gasteiger partial charge is 0.497 e. The molecule has 0 aliphatic rings. The van der Waals surface area contributed by atoms with Crippen LogP contribution in [0, 0.1) is 5.82 Å². The lowest BCUT2D eigenvalue weighted by Gasteiger charge is -2.12. The first kappa shape index (κ1) is 17.9. The molecular formula is C17H18ClFN2O3. The molecule has 2 rings (SSSR count). The number of ether oxygens (including phenoxy) is 2. The maximum Gasteiger partial charge on any atom is 0.226 e. The van der Waals surface area contributed by atoms with Crippen LogP contribution in [0.4, 0.5) is 15.8 Å². The van der Waals surface area contributed by atoms with Gasteiger partial charge in [0.2, 0.25) is 5.91 Å². The van der Waals surface area contributed by atoms with Crippen molar-refractivity contribution >= 4 is 28.9 Å². The van der Waals surface area contributed by atoms with Crippen molar-refractivity contribution in [1.82, 2.24) is 0 Å². The molecule has 0 atom stereocenters. The van der Waals surface area contributed by atoms with Gasteiger partial charge in [-0.15, -0.1) is 0 Å². The smallest absolute Gasteiger partial charge is 0.226 e. The predicted octanol–water partition coefficient (Wildman–Crippen LogP) is 3.94. The molecule has 128 valence electrons. The summed E-state index contributed by atoms with van der Waals surface area (Å²) in [4.78, 5) is 12.1. The van der Waals surface area contributed by atoms with E-state index in [1.807, 2.05) is 0 Å². The normalized spacial score (nSPS) is 10.2. The van der Waals surface area contributed by atoms with Crippen LogP contribution in [0.1, 0.15) is 6.42 Å². The third-order valence-corrected chi connectivity index (χ3v) is 3.57. The van der Waals surface area contributed by atoms with E-state index in [2.05, 4.69) is 10.6 Å². The Morgan fingerprint density at radius 1 is 1.17 bits per heavy atom. The van der Waals surface area contributed by atoms with Crippen LogP contribution in [0.5, 0.6) is 11.5 Å². The molecule has 0 fully saturated rings. The Morgan fingerprint density at radius 2 is 1.96 bits per heavy atom. The van der Waals surface area contributed by atoms with Gasteiger partial charge < -0.3 is 20.1 Å². The molecule has 0 aliphatic heterocycles. The summed E-state index contributed by atoms with van der Waals surface area (Å²) in [6, 6.07) is 9.45. The van der Waals surface area contributed by atoms with Gasteiger partial charge in [0.15, 0.2) is 0 Å². The van der Waals surface area contributed by atoms with E-state index in [-0.39, 0.29) is 17.4 Å². The van der Waals surface area contributed by atoms with Crippen LogP contribution in [-0.2, 0) is 4.79 Å². The molecular weight excluding hydrogens is 335 g/mol. The number of anilines is 2. The Balaban J connectivity index is 1.90. The molecule has 0 aromatic heterocycles. The molecule has 0 bridgehead atoms. The third kappa shape index (κ3) is 4.76. The van der Waals surface area contributed by atoms with E-state index in [0.717, 1.165) is 0 Å². The lowest BCUT2D eigenvalue weighted by Crippen LogP contribution is -2.16. The van der Waals surface area contributed by atoms with Crippen LogP contribution in [0.15, 0.2) is 36.4 Å². The average molecular weight is 353 g/mol. The van der Waals surface area contributed by atoms with Crippen LogP contribution >= 0.6 is 11.6 Å². The molecule has 0 saturated heterocycles. The molecule has 24 heavy (non-hydrogen) atoms. The quantitative estimate of drug-likeness (QED) is 0.792. The first-order valence-corrected chi connectivity index (χ1v) is 7.62. The highest BCUT2D eigenvalue weighted by molar-refractivity contribution is 6.31. The summed E-state index contributed by atoms with van der Waals surface area (Å²) >= 11 is 5.70. The topological polar surface area (TPSA) is 59.6 Å². The minimum absolute atomic E-state index is 0.0329. The summed E-state index contributed by atoms with van der Waals surface area (Å²) in [6.45, 7) is 0.375. The zero-order valence-electron chi connectivity index (χ0n) is 13.4. The number of rotatable bonds is 7. The number of carbonyl (C=O) groups excluding carboxylic acids is 1. The first-order valence-electron chi connectivity index (χ1n) is 7.24. The third-order valence-electron chi connectivity index (χ3n) is 3.28. The lowest BCUT2D eigenvalue weighted by molar-refractivity contribution is -0.116. The summed E-state index contributed by atoms with van der Waals surface area (Å²) in [7, 11) is 3.07. The second-order valence-electron chi connectivity index (χ2n) is 4.92. The van der Waals surface area contributed by atoms with Crippen molar-refractivity contribution in [3.63, 3.8) is 0 Å². The van der Waals surface area contributed by atoms with Crippen molar-refractivity contribution in [2.24, 2.45) is 0 Å². The van der Waals surface area contributed by atoms with E-state index in [4.69, 9.17) is 21.1 Å². The van der Waals surface area contributed by atoms with Gasteiger partial charge in [0.05, 0.1) is 24.9 Å². The van der Waals surface area contributed by atoms with Crippen LogP contribution in [0.2, 0.25) is 5.02 Å². The Labute approximate surface area is 144 Å². The number of carbonyl (C=O) groups is 1. The van der Waals surface area contributed by atoms with Gasteiger partial charge in [-0.25, -0.2) is 4.39 Å². The molecule has 1 amide bonds. The minimum atomic E-state index is -0.481. The van der Waals surface area contributed by atoms with Gasteiger partial charge in [-0.2, -0.15) is 0 Å². The maximum atomic E-state index is 13.1. The maximum absolute atomic E-state index is 13.1. The van der Waals surface area contributed by atoms with Crippen molar-refractivity contribution < 1.29 is 18.7 Å². The fraction of sp³-hybridized carbons (Fsp3) is 0.235. The van der Waals surface area contributed by atoms with E-state index < -0.39 is 5.82 Å². The molecule has 7 heteroatoms. The number of benzene rings is 2. The summed E-state index contributed by atoms with van der Waals surface area (Å²) < 4.78 is 23.4. The fourth-order valence-electron chi connectivity index (χ4n) is 2.05. The lowest BCUT2D eigenvalue weighted by atomic mass is 10.2. The number of hydrogen-bond donors (Lipinski definition) is 2. The molecule has 0 unspecified atom stereocenters. The summed E-state index contributed by atoms with van der Waals surface area (Å²) in [5.41, 5.74) is 1.18. The van der Waals surface area contributed by atoms with Gasteiger partial charge in [0, 0.05) is 24.7 Å². The van der Waals surface area contributed by atoms with Crippen LogP contribution in [0.25, 0.3) is 0 Å². The Hall–Kier alpha value is -2.47. The van der Waals surface area contributed by atoms with Crippen molar-refractivity contribution in [3.8, 4) is 11.5 Å². The van der Waals surface area contributed by atoms with Crippen molar-refractivity contribution in [2.75, 3.05) is 31.4 Å². The zero-order chi connectivity index (χ0) is 17.5. The number of amides is 1. The monoisotopic (exact) mass is 352 g/mol. The van der Waals surface area contributed by atoms with Crippen LogP contribution in [0.3, 0.4) is 0 Å². The standard InChI is InChI=1S/C17H18ClFN2O3/c1-23-12-4-6-16(24-2)15(10-12)21-17(22)7-8-20-11-3-5-14(19)13(18)9-11/h3-6,9-10,20H,7-8H2,1-2H3,(H,21,22). The average Bonchev–Trinajstić information content (AvgIpc) is 2.58. The molecule has 2 aromatic rings. The molecule has 0 saturated carbocycles. The predicted molar refractivity (Wildman–Crippen MR) is 92.7 cm³/mol. The highest BCUT2D eigenvalue weighted by atomic mass is 35.5. The first-order chi connectivity index (χ1) is 11.5. The Bertz CT molecular complexity index is 725. The number of hydrogen-bond acceptors (Lipinski definition) is 4. The SMILES string of the molecule is COc1ccc(OC)c(NC(=O)CCNc2ccc(F)c(Cl)c2)c1. The van der Waals surface area contributed by atoms with Crippen LogP contribution in [-0.4, -0.2) is 26.7 Å². The Kier molecular flexibility index (Phi) is 6.26. The number of halogens is 2. The number of nitrogens with one attached hydrogen (secondary N) is 2. The van der Waals surface area contributed by atoms with Gasteiger partial charge in [-0.1, -0.05) is 11.6 Å². The van der Waals surface area contributed by atoms with Crippen molar-refractivity contribution in [2.45, 2.75) is 6.42 Å². The second-order valence-corrected chi connectivity index (χ2v) is 5.33. The number of methoxy groups -OCH3 is 2. The minimum Gasteiger partial charge on any atom is -0.497 e. The van der Waals surface area contributed by atoms with E-state index in [9.17, 15) is 9.18 Å². The van der Waals surface area contributed by atoms with E-state index in [1.165, 1.54) is 19.2 Å². The molecule has 0 heterocycles. The fourth-order valence-corrected chi connectivity index (χ4v) is 2.23. The summed E-state index contributed by atoms with van der Waals surface area (Å²) in [5, 5.41) is 5.82. The van der Waals surface area contributed by atoms with Gasteiger partial charge in [0.1, 0.15) is 17.3 Å². The molecule has 0 spiro atoms. The van der Waals surface area contributed by atoms with Crippen LogP contribution < -0.4 is 20.1 Å². The van der Waals surface area contributed by atoms with E-state index in [0.29, 0.717) is 29.4 Å². The van der Waals surface area contributed by atoms with E-state index in [1.54, 1.807) is 31.4 Å². The summed E-state index contributed by atoms with van der Waals surface area (Å²) in [5.74, 6) is 0.486. The van der Waals surface area contributed by atoms with Gasteiger partial charge >= 0.3 is 0 Å². The molecule has 5 nitrogen and oxygen atoms in total. The van der Waals surface area contributed by atoms with Gasteiger partial charge in [0.25, 0.3) is 0 Å². The van der Waals surface area contributed by atoms with Gasteiger partial charge in [-0.3, -0.25) is 4.79 Å². The van der Waals surface area contributed by atoms with E-state index >= 15 is 0 Å². The Morgan fingerprint density at radius 3 is 2.62 bits per heavy atom. The highest BCUT2D eigenvalue weighted by Crippen LogP contribution is 2.29. The molecule has 0 aliphatic carbocycles. The molecule has 0 radical (unpaired) electrons. The van der Waals surface area contributed by atoms with Crippen molar-refractivity contribution in [3.05, 3.63) is 47.2 Å². The zero-order valence-corrected chi connectivity index (χ0v) is 14.1.